The number of carboxylic acids is 1. The van der Waals surface area contributed by atoms with Crippen LogP contribution in [0.5, 0.6) is 0 Å². The standard InChI is InChI=1S/C8H8ClNO3S/c9-6-5(8(12)13)1-2-10-7(6)14-4-3-11/h1-2,11H,3-4H2,(H,12,13). The lowest BCUT2D eigenvalue weighted by Crippen LogP contribution is -1.99. The van der Waals surface area contributed by atoms with Gasteiger partial charge in [0.2, 0.25) is 0 Å². The number of halogens is 1. The smallest absolute Gasteiger partial charge is 0.337 e. The lowest BCUT2D eigenvalue weighted by molar-refractivity contribution is 0.0696. The predicted octanol–water partition coefficient (Wildman–Crippen LogP) is 1.52. The van der Waals surface area contributed by atoms with Gasteiger partial charge in [-0.15, -0.1) is 11.8 Å². The average molecular weight is 234 g/mol. The molecule has 0 spiro atoms. The van der Waals surface area contributed by atoms with Crippen LogP contribution in [0.25, 0.3) is 0 Å². The minimum absolute atomic E-state index is 0.0000252. The van der Waals surface area contributed by atoms with Crippen molar-refractivity contribution in [3.05, 3.63) is 22.8 Å². The number of aliphatic hydroxyl groups is 1. The number of carbonyl (C=O) groups is 1. The van der Waals surface area contributed by atoms with E-state index in [-0.39, 0.29) is 17.2 Å². The molecule has 6 heteroatoms. The van der Waals surface area contributed by atoms with Crippen molar-refractivity contribution >= 4 is 29.3 Å². The molecule has 0 bridgehead atoms. The van der Waals surface area contributed by atoms with Gasteiger partial charge in [0.05, 0.1) is 17.2 Å². The number of hydrogen-bond donors (Lipinski definition) is 2. The Balaban J connectivity index is 2.95. The van der Waals surface area contributed by atoms with E-state index >= 15 is 0 Å². The quantitative estimate of drug-likeness (QED) is 0.772. The second-order valence-corrected chi connectivity index (χ2v) is 3.82. The number of hydrogen-bond acceptors (Lipinski definition) is 4. The summed E-state index contributed by atoms with van der Waals surface area (Å²) in [5.74, 6) is -0.640. The Bertz CT molecular complexity index is 345. The summed E-state index contributed by atoms with van der Waals surface area (Å²) in [7, 11) is 0. The van der Waals surface area contributed by atoms with Crippen molar-refractivity contribution in [2.24, 2.45) is 0 Å². The van der Waals surface area contributed by atoms with Crippen LogP contribution in [-0.4, -0.2) is 33.5 Å². The van der Waals surface area contributed by atoms with E-state index in [4.69, 9.17) is 21.8 Å². The van der Waals surface area contributed by atoms with E-state index in [9.17, 15) is 4.79 Å². The highest BCUT2D eigenvalue weighted by Gasteiger charge is 2.12. The van der Waals surface area contributed by atoms with Gasteiger partial charge in [-0.3, -0.25) is 0 Å². The van der Waals surface area contributed by atoms with Crippen LogP contribution in [0.2, 0.25) is 5.02 Å². The van der Waals surface area contributed by atoms with E-state index in [1.165, 1.54) is 24.0 Å². The fourth-order valence-electron chi connectivity index (χ4n) is 0.833. The van der Waals surface area contributed by atoms with Crippen LogP contribution in [-0.2, 0) is 0 Å². The van der Waals surface area contributed by atoms with E-state index in [0.717, 1.165) is 0 Å². The molecule has 2 N–H and O–H groups in total. The Kier molecular flexibility index (Phi) is 4.19. The molecule has 0 aliphatic rings. The van der Waals surface area contributed by atoms with Crippen LogP contribution in [0.15, 0.2) is 17.3 Å². The number of nitrogens with zero attached hydrogens (tertiary/aromatic N) is 1. The number of carboxylic acid groups (broad SMARTS) is 1. The van der Waals surface area contributed by atoms with Gasteiger partial charge >= 0.3 is 5.97 Å². The van der Waals surface area contributed by atoms with Gasteiger partial charge in [0.1, 0.15) is 5.03 Å². The van der Waals surface area contributed by atoms with E-state index < -0.39 is 5.97 Å². The maximum absolute atomic E-state index is 10.7. The van der Waals surface area contributed by atoms with Crippen molar-refractivity contribution in [3.63, 3.8) is 0 Å². The molecule has 14 heavy (non-hydrogen) atoms. The molecule has 0 amide bonds. The molecule has 0 aliphatic heterocycles. The Labute approximate surface area is 89.9 Å². The first-order chi connectivity index (χ1) is 6.66. The highest BCUT2D eigenvalue weighted by Crippen LogP contribution is 2.27. The summed E-state index contributed by atoms with van der Waals surface area (Å²) in [6.07, 6.45) is 1.38. The number of aromatic nitrogens is 1. The maximum Gasteiger partial charge on any atom is 0.337 e. The fourth-order valence-corrected chi connectivity index (χ4v) is 1.85. The van der Waals surface area contributed by atoms with Crippen LogP contribution in [0, 0.1) is 0 Å². The molecule has 4 nitrogen and oxygen atoms in total. The van der Waals surface area contributed by atoms with E-state index in [1.807, 2.05) is 0 Å². The molecule has 0 aliphatic carbocycles. The van der Waals surface area contributed by atoms with Crippen LogP contribution in [0.3, 0.4) is 0 Å². The Hall–Kier alpha value is -0.780. The summed E-state index contributed by atoms with van der Waals surface area (Å²) < 4.78 is 0. The molecular formula is C8H8ClNO3S. The van der Waals surface area contributed by atoms with Crippen molar-refractivity contribution in [2.45, 2.75) is 5.03 Å². The molecular weight excluding hydrogens is 226 g/mol. The van der Waals surface area contributed by atoms with Crippen molar-refractivity contribution in [1.82, 2.24) is 4.98 Å². The minimum Gasteiger partial charge on any atom is -0.478 e. The highest BCUT2D eigenvalue weighted by atomic mass is 35.5. The molecule has 1 heterocycles. The minimum atomic E-state index is -1.08. The molecule has 1 rings (SSSR count). The zero-order valence-electron chi connectivity index (χ0n) is 7.11. The fraction of sp³-hybridized carbons (Fsp3) is 0.250. The van der Waals surface area contributed by atoms with Crippen LogP contribution >= 0.6 is 23.4 Å². The summed E-state index contributed by atoms with van der Waals surface area (Å²) in [5.41, 5.74) is 0.0297. The van der Waals surface area contributed by atoms with E-state index in [0.29, 0.717) is 10.8 Å². The summed E-state index contributed by atoms with van der Waals surface area (Å²) in [6, 6.07) is 1.34. The number of aliphatic hydroxyl groups excluding tert-OH is 1. The third-order valence-corrected chi connectivity index (χ3v) is 2.88. The van der Waals surface area contributed by atoms with Gasteiger partial charge in [0.25, 0.3) is 0 Å². The largest absolute Gasteiger partial charge is 0.478 e. The van der Waals surface area contributed by atoms with Crippen LogP contribution < -0.4 is 0 Å². The molecule has 0 aromatic carbocycles. The first-order valence-electron chi connectivity index (χ1n) is 3.78. The Morgan fingerprint density at radius 1 is 1.64 bits per heavy atom. The van der Waals surface area contributed by atoms with Crippen molar-refractivity contribution in [2.75, 3.05) is 12.4 Å². The Morgan fingerprint density at radius 2 is 2.36 bits per heavy atom. The molecule has 0 atom stereocenters. The maximum atomic E-state index is 10.7. The second kappa shape index (κ2) is 5.19. The predicted molar refractivity (Wildman–Crippen MR) is 54.0 cm³/mol. The van der Waals surface area contributed by atoms with Gasteiger partial charge in [0, 0.05) is 11.9 Å². The summed E-state index contributed by atoms with van der Waals surface area (Å²) in [4.78, 5) is 14.6. The SMILES string of the molecule is O=C(O)c1ccnc(SCCO)c1Cl. The molecule has 1 aromatic heterocycles. The lowest BCUT2D eigenvalue weighted by atomic mass is 10.3. The molecule has 0 fully saturated rings. The average Bonchev–Trinajstić information content (AvgIpc) is 2.16. The number of aromatic carboxylic acids is 1. The van der Waals surface area contributed by atoms with Gasteiger partial charge in [-0.2, -0.15) is 0 Å². The van der Waals surface area contributed by atoms with Gasteiger partial charge in [-0.05, 0) is 6.07 Å². The van der Waals surface area contributed by atoms with Crippen molar-refractivity contribution in [1.29, 1.82) is 0 Å². The third kappa shape index (κ3) is 2.60. The molecule has 0 radical (unpaired) electrons. The topological polar surface area (TPSA) is 70.4 Å². The third-order valence-electron chi connectivity index (χ3n) is 1.42. The Morgan fingerprint density at radius 3 is 2.93 bits per heavy atom. The summed E-state index contributed by atoms with van der Waals surface area (Å²) in [6.45, 7) is -0.0000252. The molecule has 76 valence electrons. The molecule has 0 saturated carbocycles. The molecule has 0 saturated heterocycles. The second-order valence-electron chi connectivity index (χ2n) is 2.35. The normalized spacial score (nSPS) is 10.1. The van der Waals surface area contributed by atoms with E-state index in [2.05, 4.69) is 4.98 Å². The summed E-state index contributed by atoms with van der Waals surface area (Å²) >= 11 is 7.02. The van der Waals surface area contributed by atoms with Gasteiger partial charge in [-0.1, -0.05) is 11.6 Å². The first kappa shape index (κ1) is 11.3. The van der Waals surface area contributed by atoms with Gasteiger partial charge < -0.3 is 10.2 Å². The molecule has 1 aromatic rings. The number of rotatable bonds is 4. The van der Waals surface area contributed by atoms with Crippen molar-refractivity contribution < 1.29 is 15.0 Å². The first-order valence-corrected chi connectivity index (χ1v) is 5.14. The van der Waals surface area contributed by atoms with E-state index in [1.54, 1.807) is 0 Å². The van der Waals surface area contributed by atoms with Crippen LogP contribution in [0.1, 0.15) is 10.4 Å². The number of pyridine rings is 1. The lowest BCUT2D eigenvalue weighted by Gasteiger charge is -2.03. The summed E-state index contributed by atoms with van der Waals surface area (Å²) in [5, 5.41) is 17.9. The zero-order valence-corrected chi connectivity index (χ0v) is 8.68. The molecule has 0 unspecified atom stereocenters. The van der Waals surface area contributed by atoms with Gasteiger partial charge in [0.15, 0.2) is 0 Å². The zero-order chi connectivity index (χ0) is 10.6. The van der Waals surface area contributed by atoms with Crippen LogP contribution in [0.4, 0.5) is 0 Å². The monoisotopic (exact) mass is 233 g/mol. The highest BCUT2D eigenvalue weighted by molar-refractivity contribution is 7.99. The van der Waals surface area contributed by atoms with Gasteiger partial charge in [-0.25, -0.2) is 9.78 Å². The van der Waals surface area contributed by atoms with Crippen molar-refractivity contribution in [3.8, 4) is 0 Å². The number of thioether (sulfide) groups is 1.